The first-order valence-corrected chi connectivity index (χ1v) is 9.55. The van der Waals surface area contributed by atoms with Crippen molar-refractivity contribution >= 4 is 17.5 Å². The molecule has 7 nitrogen and oxygen atoms in total. The number of hydrogen-bond acceptors (Lipinski definition) is 6. The van der Waals surface area contributed by atoms with Gasteiger partial charge in [-0.1, -0.05) is 12.1 Å². The lowest BCUT2D eigenvalue weighted by atomic mass is 10.2. The van der Waals surface area contributed by atoms with Gasteiger partial charge in [-0.05, 0) is 56.2 Å². The smallest absolute Gasteiger partial charge is 0.274 e. The number of carbonyl (C=O) groups is 1. The Hall–Kier alpha value is -3.48. The van der Waals surface area contributed by atoms with Gasteiger partial charge in [-0.15, -0.1) is 0 Å². The molecule has 3 aromatic rings. The van der Waals surface area contributed by atoms with E-state index < -0.39 is 0 Å². The molecule has 3 rings (SSSR count). The van der Waals surface area contributed by atoms with E-state index in [1.807, 2.05) is 56.1 Å². The Labute approximate surface area is 170 Å². The standard InChI is InChI=1S/C22H25N5O2/c1-4-29-20-8-6-5-7-18(20)25-21(28)19-15-16(2)24-22(26-19)27(3)14-11-17-9-12-23-13-10-17/h5-10,12-13,15H,4,11,14H2,1-3H3,(H,25,28). The molecule has 0 spiro atoms. The zero-order chi connectivity index (χ0) is 20.6. The normalized spacial score (nSPS) is 10.4. The first-order valence-electron chi connectivity index (χ1n) is 9.55. The number of carbonyl (C=O) groups excluding carboxylic acids is 1. The number of rotatable bonds is 8. The number of anilines is 2. The number of benzene rings is 1. The van der Waals surface area contributed by atoms with Crippen LogP contribution in [0, 0.1) is 6.92 Å². The van der Waals surface area contributed by atoms with Crippen molar-refractivity contribution in [1.82, 2.24) is 15.0 Å². The van der Waals surface area contributed by atoms with Crippen LogP contribution < -0.4 is 15.0 Å². The number of para-hydroxylation sites is 2. The van der Waals surface area contributed by atoms with Crippen LogP contribution in [0.1, 0.15) is 28.7 Å². The van der Waals surface area contributed by atoms with Gasteiger partial charge in [0.05, 0.1) is 12.3 Å². The highest BCUT2D eigenvalue weighted by Crippen LogP contribution is 2.24. The molecule has 0 aliphatic carbocycles. The van der Waals surface area contributed by atoms with Gasteiger partial charge in [0.1, 0.15) is 11.4 Å². The molecule has 150 valence electrons. The zero-order valence-electron chi connectivity index (χ0n) is 16.9. The lowest BCUT2D eigenvalue weighted by Gasteiger charge is -2.18. The van der Waals surface area contributed by atoms with Crippen molar-refractivity contribution < 1.29 is 9.53 Å². The average Bonchev–Trinajstić information content (AvgIpc) is 2.74. The number of likely N-dealkylation sites (N-methyl/N-ethyl adjacent to an activating group) is 1. The summed E-state index contributed by atoms with van der Waals surface area (Å²) in [7, 11) is 1.92. The maximum Gasteiger partial charge on any atom is 0.274 e. The number of pyridine rings is 1. The van der Waals surface area contributed by atoms with Gasteiger partial charge in [-0.3, -0.25) is 9.78 Å². The highest BCUT2D eigenvalue weighted by Gasteiger charge is 2.15. The molecule has 0 atom stereocenters. The second-order valence-electron chi connectivity index (χ2n) is 6.60. The summed E-state index contributed by atoms with van der Waals surface area (Å²) in [6.45, 7) is 5.00. The summed E-state index contributed by atoms with van der Waals surface area (Å²) in [5.41, 5.74) is 2.84. The van der Waals surface area contributed by atoms with E-state index in [2.05, 4.69) is 20.3 Å². The fraction of sp³-hybridized carbons (Fsp3) is 0.273. The van der Waals surface area contributed by atoms with E-state index in [4.69, 9.17) is 4.74 Å². The van der Waals surface area contributed by atoms with E-state index in [9.17, 15) is 4.79 Å². The first-order chi connectivity index (χ1) is 14.1. The van der Waals surface area contributed by atoms with E-state index in [0.717, 1.165) is 18.7 Å². The summed E-state index contributed by atoms with van der Waals surface area (Å²) in [4.78, 5) is 27.7. The number of aromatic nitrogens is 3. The van der Waals surface area contributed by atoms with Crippen LogP contribution in [0.4, 0.5) is 11.6 Å². The van der Waals surface area contributed by atoms with Crippen molar-refractivity contribution in [3.05, 3.63) is 71.8 Å². The monoisotopic (exact) mass is 391 g/mol. The predicted octanol–water partition coefficient (Wildman–Crippen LogP) is 3.51. The maximum atomic E-state index is 12.8. The van der Waals surface area contributed by atoms with Gasteiger partial charge in [0.15, 0.2) is 0 Å². The summed E-state index contributed by atoms with van der Waals surface area (Å²) in [6, 6.07) is 13.0. The molecule has 0 bridgehead atoms. The first kappa shape index (κ1) is 20.3. The molecule has 0 aliphatic heterocycles. The number of nitrogens with zero attached hydrogens (tertiary/aromatic N) is 4. The molecular weight excluding hydrogens is 366 g/mol. The minimum Gasteiger partial charge on any atom is -0.492 e. The second-order valence-corrected chi connectivity index (χ2v) is 6.60. The van der Waals surface area contributed by atoms with E-state index in [1.165, 1.54) is 5.56 Å². The van der Waals surface area contributed by atoms with Crippen molar-refractivity contribution in [1.29, 1.82) is 0 Å². The number of hydrogen-bond donors (Lipinski definition) is 1. The van der Waals surface area contributed by atoms with Gasteiger partial charge in [0.25, 0.3) is 5.91 Å². The van der Waals surface area contributed by atoms with Crippen LogP contribution in [0.5, 0.6) is 5.75 Å². The van der Waals surface area contributed by atoms with Crippen molar-refractivity contribution in [2.24, 2.45) is 0 Å². The Morgan fingerprint density at radius 3 is 2.66 bits per heavy atom. The topological polar surface area (TPSA) is 80.2 Å². The zero-order valence-corrected chi connectivity index (χ0v) is 16.9. The Morgan fingerprint density at radius 2 is 1.90 bits per heavy atom. The van der Waals surface area contributed by atoms with Gasteiger partial charge in [-0.2, -0.15) is 0 Å². The highest BCUT2D eigenvalue weighted by molar-refractivity contribution is 6.03. The van der Waals surface area contributed by atoms with Crippen LogP contribution in [0.25, 0.3) is 0 Å². The molecule has 2 aromatic heterocycles. The Morgan fingerprint density at radius 1 is 1.14 bits per heavy atom. The number of ether oxygens (including phenoxy) is 1. The predicted molar refractivity (Wildman–Crippen MR) is 114 cm³/mol. The SMILES string of the molecule is CCOc1ccccc1NC(=O)c1cc(C)nc(N(C)CCc2ccncc2)n1. The third-order valence-corrected chi connectivity index (χ3v) is 4.34. The van der Waals surface area contributed by atoms with Crippen LogP contribution in [0.15, 0.2) is 54.9 Å². The molecule has 0 saturated carbocycles. The van der Waals surface area contributed by atoms with Crippen molar-refractivity contribution in [2.75, 3.05) is 30.4 Å². The fourth-order valence-corrected chi connectivity index (χ4v) is 2.82. The summed E-state index contributed by atoms with van der Waals surface area (Å²) < 4.78 is 5.57. The summed E-state index contributed by atoms with van der Waals surface area (Å²) >= 11 is 0. The van der Waals surface area contributed by atoms with E-state index in [0.29, 0.717) is 29.7 Å². The minimum atomic E-state index is -0.300. The maximum absolute atomic E-state index is 12.8. The lowest BCUT2D eigenvalue weighted by molar-refractivity contribution is 0.102. The molecule has 1 aromatic carbocycles. The van der Waals surface area contributed by atoms with E-state index >= 15 is 0 Å². The Kier molecular flexibility index (Phi) is 6.73. The largest absolute Gasteiger partial charge is 0.492 e. The molecule has 1 N–H and O–H groups in total. The lowest BCUT2D eigenvalue weighted by Crippen LogP contribution is -2.24. The summed E-state index contributed by atoms with van der Waals surface area (Å²) in [5, 5.41) is 2.88. The summed E-state index contributed by atoms with van der Waals surface area (Å²) in [5.74, 6) is 0.845. The summed E-state index contributed by atoms with van der Waals surface area (Å²) in [6.07, 6.45) is 4.39. The van der Waals surface area contributed by atoms with Crippen LogP contribution >= 0.6 is 0 Å². The quantitative estimate of drug-likeness (QED) is 0.633. The van der Waals surface area contributed by atoms with Gasteiger partial charge in [0, 0.05) is 31.7 Å². The minimum absolute atomic E-state index is 0.300. The number of nitrogens with one attached hydrogen (secondary N) is 1. The molecular formula is C22H25N5O2. The Balaban J connectivity index is 1.73. The van der Waals surface area contributed by atoms with Gasteiger partial charge < -0.3 is 15.0 Å². The molecule has 0 aliphatic rings. The van der Waals surface area contributed by atoms with Crippen molar-refractivity contribution in [3.63, 3.8) is 0 Å². The van der Waals surface area contributed by atoms with E-state index in [1.54, 1.807) is 24.5 Å². The molecule has 0 radical (unpaired) electrons. The van der Waals surface area contributed by atoms with Crippen molar-refractivity contribution in [3.8, 4) is 5.75 Å². The number of amides is 1. The van der Waals surface area contributed by atoms with Crippen LogP contribution in [-0.2, 0) is 6.42 Å². The molecule has 29 heavy (non-hydrogen) atoms. The van der Waals surface area contributed by atoms with Crippen LogP contribution in [0.3, 0.4) is 0 Å². The molecule has 0 saturated heterocycles. The van der Waals surface area contributed by atoms with Crippen LogP contribution in [-0.4, -0.2) is 41.1 Å². The second kappa shape index (κ2) is 9.64. The number of aryl methyl sites for hydroxylation is 1. The molecule has 0 unspecified atom stereocenters. The molecule has 0 fully saturated rings. The highest BCUT2D eigenvalue weighted by atomic mass is 16.5. The average molecular weight is 391 g/mol. The van der Waals surface area contributed by atoms with Crippen LogP contribution in [0.2, 0.25) is 0 Å². The Bertz CT molecular complexity index is 962. The molecule has 2 heterocycles. The van der Waals surface area contributed by atoms with Crippen molar-refractivity contribution in [2.45, 2.75) is 20.3 Å². The fourth-order valence-electron chi connectivity index (χ4n) is 2.82. The van der Waals surface area contributed by atoms with E-state index in [-0.39, 0.29) is 5.91 Å². The van der Waals surface area contributed by atoms with Gasteiger partial charge in [-0.25, -0.2) is 9.97 Å². The third-order valence-electron chi connectivity index (χ3n) is 4.34. The van der Waals surface area contributed by atoms with Gasteiger partial charge in [0.2, 0.25) is 5.95 Å². The molecule has 7 heteroatoms. The third kappa shape index (κ3) is 5.51. The molecule has 1 amide bonds. The van der Waals surface area contributed by atoms with Gasteiger partial charge >= 0.3 is 0 Å².